The fourth-order valence-electron chi connectivity index (χ4n) is 0.928. The van der Waals surface area contributed by atoms with Gasteiger partial charge in [0.15, 0.2) is 0 Å². The van der Waals surface area contributed by atoms with E-state index >= 15 is 0 Å². The van der Waals surface area contributed by atoms with Gasteiger partial charge in [-0.2, -0.15) is 10.2 Å². The van der Waals surface area contributed by atoms with Crippen LogP contribution in [0.2, 0.25) is 0 Å². The van der Waals surface area contributed by atoms with Crippen molar-refractivity contribution in [1.82, 2.24) is 15.5 Å². The third kappa shape index (κ3) is 2.56. The average molecular weight is 189 g/mol. The van der Waals surface area contributed by atoms with E-state index in [1.54, 1.807) is 6.07 Å². The number of nitrogens with zero attached hydrogens (tertiary/aromatic N) is 2. The molecule has 1 rings (SSSR count). The standard InChI is InChI=1S/C10H11N3O/c1-3-9(4-2)13-10(14)8-5-6-11-12-7-8/h1,5-7,9H,4H2,2H3,(H,13,14). The second kappa shape index (κ2) is 4.97. The molecule has 0 radical (unpaired) electrons. The highest BCUT2D eigenvalue weighted by atomic mass is 16.1. The van der Waals surface area contributed by atoms with Crippen molar-refractivity contribution < 1.29 is 4.79 Å². The summed E-state index contributed by atoms with van der Waals surface area (Å²) in [5.74, 6) is 2.27. The molecule has 0 saturated heterocycles. The van der Waals surface area contributed by atoms with Crippen molar-refractivity contribution in [3.05, 3.63) is 24.0 Å². The molecule has 0 aliphatic carbocycles. The molecule has 1 N–H and O–H groups in total. The molecule has 1 amide bonds. The van der Waals surface area contributed by atoms with E-state index in [1.165, 1.54) is 12.4 Å². The summed E-state index contributed by atoms with van der Waals surface area (Å²) in [7, 11) is 0. The van der Waals surface area contributed by atoms with Crippen molar-refractivity contribution in [3.8, 4) is 12.3 Å². The zero-order chi connectivity index (χ0) is 10.4. The van der Waals surface area contributed by atoms with Gasteiger partial charge in [-0.3, -0.25) is 4.79 Å². The van der Waals surface area contributed by atoms with Crippen LogP contribution in [0.1, 0.15) is 23.7 Å². The van der Waals surface area contributed by atoms with Crippen molar-refractivity contribution in [2.24, 2.45) is 0 Å². The molecule has 4 heteroatoms. The summed E-state index contributed by atoms with van der Waals surface area (Å²) in [5, 5.41) is 9.87. The molecule has 1 aromatic rings. The minimum absolute atomic E-state index is 0.218. The molecule has 72 valence electrons. The maximum atomic E-state index is 11.5. The summed E-state index contributed by atoms with van der Waals surface area (Å²) in [6, 6.07) is 1.36. The predicted octanol–water partition coefficient (Wildman–Crippen LogP) is 0.618. The fraction of sp³-hybridized carbons (Fsp3) is 0.300. The van der Waals surface area contributed by atoms with Crippen LogP contribution in [0.25, 0.3) is 0 Å². The topological polar surface area (TPSA) is 54.9 Å². The lowest BCUT2D eigenvalue weighted by Gasteiger charge is -2.09. The fourth-order valence-corrected chi connectivity index (χ4v) is 0.928. The Balaban J connectivity index is 2.64. The second-order valence-electron chi connectivity index (χ2n) is 2.73. The smallest absolute Gasteiger partial charge is 0.253 e. The first kappa shape index (κ1) is 10.2. The Kier molecular flexibility index (Phi) is 3.62. The second-order valence-corrected chi connectivity index (χ2v) is 2.73. The van der Waals surface area contributed by atoms with Crippen LogP contribution in [-0.2, 0) is 0 Å². The molecule has 1 atom stereocenters. The summed E-state index contributed by atoms with van der Waals surface area (Å²) < 4.78 is 0. The summed E-state index contributed by atoms with van der Waals surface area (Å²) in [4.78, 5) is 11.5. The molecule has 0 aliphatic rings. The first-order valence-electron chi connectivity index (χ1n) is 4.31. The number of terminal acetylenes is 1. The van der Waals surface area contributed by atoms with Gasteiger partial charge in [-0.25, -0.2) is 0 Å². The van der Waals surface area contributed by atoms with Crippen molar-refractivity contribution in [3.63, 3.8) is 0 Å². The van der Waals surface area contributed by atoms with Crippen molar-refractivity contribution in [2.75, 3.05) is 0 Å². The number of carbonyl (C=O) groups excluding carboxylic acids is 1. The zero-order valence-corrected chi connectivity index (χ0v) is 7.90. The van der Waals surface area contributed by atoms with Gasteiger partial charge in [-0.1, -0.05) is 12.8 Å². The van der Waals surface area contributed by atoms with E-state index in [1.807, 2.05) is 6.92 Å². The largest absolute Gasteiger partial charge is 0.338 e. The zero-order valence-electron chi connectivity index (χ0n) is 7.90. The Morgan fingerprint density at radius 3 is 3.00 bits per heavy atom. The van der Waals surface area contributed by atoms with Crippen LogP contribution in [0.15, 0.2) is 18.5 Å². The monoisotopic (exact) mass is 189 g/mol. The van der Waals surface area contributed by atoms with Crippen LogP contribution in [-0.4, -0.2) is 22.1 Å². The minimum atomic E-state index is -0.226. The maximum absolute atomic E-state index is 11.5. The average Bonchev–Trinajstić information content (AvgIpc) is 2.26. The molecule has 0 aromatic carbocycles. The van der Waals surface area contributed by atoms with Gasteiger partial charge >= 0.3 is 0 Å². The van der Waals surface area contributed by atoms with Crippen molar-refractivity contribution in [1.29, 1.82) is 0 Å². The SMILES string of the molecule is C#CC(CC)NC(=O)c1ccnnc1. The number of aromatic nitrogens is 2. The lowest BCUT2D eigenvalue weighted by molar-refractivity contribution is 0.0944. The molecular weight excluding hydrogens is 178 g/mol. The summed E-state index contributed by atoms with van der Waals surface area (Å²) in [6.45, 7) is 1.91. The number of hydrogen-bond donors (Lipinski definition) is 1. The minimum Gasteiger partial charge on any atom is -0.338 e. The van der Waals surface area contributed by atoms with Gasteiger partial charge in [-0.15, -0.1) is 6.42 Å². The summed E-state index contributed by atoms with van der Waals surface area (Å²) >= 11 is 0. The quantitative estimate of drug-likeness (QED) is 0.709. The Hall–Kier alpha value is -1.89. The molecule has 1 unspecified atom stereocenters. The van der Waals surface area contributed by atoms with Gasteiger partial charge in [0.25, 0.3) is 5.91 Å². The molecule has 0 spiro atoms. The third-order valence-corrected chi connectivity index (χ3v) is 1.76. The number of carbonyl (C=O) groups is 1. The third-order valence-electron chi connectivity index (χ3n) is 1.76. The normalized spacial score (nSPS) is 11.4. The lowest BCUT2D eigenvalue weighted by atomic mass is 10.2. The van der Waals surface area contributed by atoms with E-state index in [4.69, 9.17) is 6.42 Å². The number of amides is 1. The lowest BCUT2D eigenvalue weighted by Crippen LogP contribution is -2.33. The van der Waals surface area contributed by atoms with Crippen LogP contribution < -0.4 is 5.32 Å². The Morgan fingerprint density at radius 1 is 1.71 bits per heavy atom. The first-order valence-corrected chi connectivity index (χ1v) is 4.31. The van der Waals surface area contributed by atoms with Crippen molar-refractivity contribution >= 4 is 5.91 Å². The van der Waals surface area contributed by atoms with Gasteiger partial charge < -0.3 is 5.32 Å². The molecule has 0 aliphatic heterocycles. The Morgan fingerprint density at radius 2 is 2.50 bits per heavy atom. The van der Waals surface area contributed by atoms with E-state index in [9.17, 15) is 4.79 Å². The van der Waals surface area contributed by atoms with Crippen molar-refractivity contribution in [2.45, 2.75) is 19.4 Å². The van der Waals surface area contributed by atoms with E-state index in [0.29, 0.717) is 12.0 Å². The molecule has 0 bridgehead atoms. The Labute approximate surface area is 82.7 Å². The van der Waals surface area contributed by atoms with Gasteiger partial charge in [0.05, 0.1) is 24.0 Å². The molecule has 0 saturated carbocycles. The van der Waals surface area contributed by atoms with Gasteiger partial charge in [-0.05, 0) is 12.5 Å². The van der Waals surface area contributed by atoms with E-state index in [0.717, 1.165) is 0 Å². The van der Waals surface area contributed by atoms with Crippen LogP contribution >= 0.6 is 0 Å². The van der Waals surface area contributed by atoms with Crippen LogP contribution in [0.5, 0.6) is 0 Å². The summed E-state index contributed by atoms with van der Waals surface area (Å²) in [5.41, 5.74) is 0.466. The number of nitrogens with one attached hydrogen (secondary N) is 1. The van der Waals surface area contributed by atoms with Gasteiger partial charge in [0.1, 0.15) is 0 Å². The molecular formula is C10H11N3O. The molecule has 14 heavy (non-hydrogen) atoms. The van der Waals surface area contributed by atoms with E-state index in [-0.39, 0.29) is 11.9 Å². The first-order chi connectivity index (χ1) is 6.77. The van der Waals surface area contributed by atoms with Gasteiger partial charge in [0.2, 0.25) is 0 Å². The van der Waals surface area contributed by atoms with Crippen LogP contribution in [0.3, 0.4) is 0 Å². The molecule has 0 fully saturated rings. The highest BCUT2D eigenvalue weighted by Crippen LogP contribution is 1.96. The van der Waals surface area contributed by atoms with E-state index in [2.05, 4.69) is 21.4 Å². The Bertz CT molecular complexity index is 342. The van der Waals surface area contributed by atoms with Crippen LogP contribution in [0.4, 0.5) is 0 Å². The van der Waals surface area contributed by atoms with E-state index < -0.39 is 0 Å². The van der Waals surface area contributed by atoms with Crippen LogP contribution in [0, 0.1) is 12.3 Å². The van der Waals surface area contributed by atoms with Gasteiger partial charge in [0, 0.05) is 0 Å². The predicted molar refractivity (Wildman–Crippen MR) is 52.4 cm³/mol. The maximum Gasteiger partial charge on any atom is 0.253 e. The highest BCUT2D eigenvalue weighted by Gasteiger charge is 2.09. The summed E-state index contributed by atoms with van der Waals surface area (Å²) in [6.07, 6.45) is 8.79. The molecule has 1 heterocycles. The number of rotatable bonds is 3. The number of hydrogen-bond acceptors (Lipinski definition) is 3. The molecule has 1 aromatic heterocycles. The highest BCUT2D eigenvalue weighted by molar-refractivity contribution is 5.94. The molecule has 4 nitrogen and oxygen atoms in total.